The molecular weight excluding hydrogens is 504 g/mol. The van der Waals surface area contributed by atoms with E-state index >= 15 is 0 Å². The highest BCUT2D eigenvalue weighted by molar-refractivity contribution is 6.30. The highest BCUT2D eigenvalue weighted by Gasteiger charge is 2.42. The summed E-state index contributed by atoms with van der Waals surface area (Å²) in [4.78, 5) is 26.1. The van der Waals surface area contributed by atoms with Crippen molar-refractivity contribution < 1.29 is 23.2 Å². The summed E-state index contributed by atoms with van der Waals surface area (Å²) in [6, 6.07) is 15.3. The molecule has 40 heavy (non-hydrogen) atoms. The third-order valence-electron chi connectivity index (χ3n) is 7.61. The Morgan fingerprint density at radius 2 is 1.23 bits per heavy atom. The fraction of sp³-hybridized carbons (Fsp3) is 0.333. The third kappa shape index (κ3) is 5.04. The quantitative estimate of drug-likeness (QED) is 0.183. The Bertz CT molecular complexity index is 1670. The summed E-state index contributed by atoms with van der Waals surface area (Å²) in [5.41, 5.74) is 3.66. The average Bonchev–Trinajstić information content (AvgIpc) is 3.70. The van der Waals surface area contributed by atoms with Gasteiger partial charge >= 0.3 is 0 Å². The minimum atomic E-state index is -0.371. The van der Waals surface area contributed by atoms with Crippen LogP contribution in [0.15, 0.2) is 68.5 Å². The topological polar surface area (TPSA) is 93.7 Å². The van der Waals surface area contributed by atoms with Crippen molar-refractivity contribution in [2.45, 2.75) is 65.2 Å². The van der Waals surface area contributed by atoms with Crippen molar-refractivity contribution in [1.29, 1.82) is 0 Å². The molecule has 7 heteroatoms. The van der Waals surface area contributed by atoms with Crippen molar-refractivity contribution in [2.75, 3.05) is 6.61 Å². The molecule has 0 radical (unpaired) electrons. The number of fused-ring (bicyclic) bond motifs is 3. The zero-order chi connectivity index (χ0) is 27.6. The first-order valence-corrected chi connectivity index (χ1v) is 14.3. The van der Waals surface area contributed by atoms with E-state index in [-0.39, 0.29) is 23.0 Å². The van der Waals surface area contributed by atoms with E-state index in [4.69, 9.17) is 13.6 Å². The van der Waals surface area contributed by atoms with Crippen LogP contribution in [0, 0.1) is 6.92 Å². The van der Waals surface area contributed by atoms with Crippen LogP contribution in [0.3, 0.4) is 0 Å². The lowest BCUT2D eigenvalue weighted by Gasteiger charge is -2.06. The van der Waals surface area contributed by atoms with Crippen LogP contribution in [-0.2, 0) is 9.59 Å². The molecule has 2 aliphatic heterocycles. The summed E-state index contributed by atoms with van der Waals surface area (Å²) < 4.78 is 18.1. The second kappa shape index (κ2) is 11.1. The number of ether oxygens (including phenoxy) is 1. The van der Waals surface area contributed by atoms with Gasteiger partial charge in [0.25, 0.3) is 11.8 Å². The second-order valence-electron chi connectivity index (χ2n) is 10.7. The third-order valence-corrected chi connectivity index (χ3v) is 7.61. The zero-order valence-electron chi connectivity index (χ0n) is 23.0. The predicted molar refractivity (Wildman–Crippen MR) is 155 cm³/mol. The van der Waals surface area contributed by atoms with E-state index < -0.39 is 0 Å². The van der Waals surface area contributed by atoms with Crippen LogP contribution in [0.1, 0.15) is 75.4 Å². The average molecular weight is 539 g/mol. The molecule has 2 N–H and O–H groups in total. The number of carbonyl (C=O) groups is 2. The first-order chi connectivity index (χ1) is 19.5. The van der Waals surface area contributed by atoms with Crippen molar-refractivity contribution in [3.63, 3.8) is 0 Å². The standard InChI is InChI=1S/C33H34N2O5/c1-3-4-5-6-7-8-9-10-15-38-23-14-13-22-18-27(40-25(22)19-23)31-29-28(32(36)35-31)30(34-33(29)37)26-17-21-12-11-20(2)16-24(21)39-26/h11-14,16-19H,3-10,15H2,1-2H3,(H,34,37)(H,35,36). The van der Waals surface area contributed by atoms with Gasteiger partial charge in [0.15, 0.2) is 11.5 Å². The lowest BCUT2D eigenvalue weighted by atomic mass is 10.1. The van der Waals surface area contributed by atoms with Gasteiger partial charge in [0.2, 0.25) is 0 Å². The molecule has 0 unspecified atom stereocenters. The summed E-state index contributed by atoms with van der Waals surface area (Å²) in [6.07, 6.45) is 10.0. The van der Waals surface area contributed by atoms with Gasteiger partial charge in [-0.15, -0.1) is 0 Å². The number of rotatable bonds is 12. The van der Waals surface area contributed by atoms with E-state index in [1.807, 2.05) is 55.5 Å². The molecule has 0 saturated heterocycles. The van der Waals surface area contributed by atoms with Crippen molar-refractivity contribution in [3.05, 3.63) is 76.8 Å². The summed E-state index contributed by atoms with van der Waals surface area (Å²) >= 11 is 0. The molecule has 2 aromatic carbocycles. The minimum Gasteiger partial charge on any atom is -0.493 e. The van der Waals surface area contributed by atoms with Crippen LogP contribution in [0.5, 0.6) is 5.75 Å². The molecule has 4 heterocycles. The van der Waals surface area contributed by atoms with Gasteiger partial charge in [0.1, 0.15) is 16.9 Å². The molecule has 2 aliphatic rings. The van der Waals surface area contributed by atoms with E-state index in [2.05, 4.69) is 17.6 Å². The summed E-state index contributed by atoms with van der Waals surface area (Å²) in [5.74, 6) is 0.865. The second-order valence-corrected chi connectivity index (χ2v) is 10.7. The number of benzene rings is 2. The molecule has 4 aromatic rings. The summed E-state index contributed by atoms with van der Waals surface area (Å²) in [5, 5.41) is 7.44. The Balaban J connectivity index is 1.18. The van der Waals surface area contributed by atoms with E-state index in [1.54, 1.807) is 0 Å². The summed E-state index contributed by atoms with van der Waals surface area (Å²) in [7, 11) is 0. The van der Waals surface area contributed by atoms with E-state index in [9.17, 15) is 9.59 Å². The van der Waals surface area contributed by atoms with Gasteiger partial charge in [-0.05, 0) is 49.2 Å². The largest absolute Gasteiger partial charge is 0.493 e. The van der Waals surface area contributed by atoms with Crippen LogP contribution in [-0.4, -0.2) is 18.4 Å². The first kappa shape index (κ1) is 26.0. The van der Waals surface area contributed by atoms with Crippen molar-refractivity contribution in [3.8, 4) is 5.75 Å². The van der Waals surface area contributed by atoms with Gasteiger partial charge in [-0.2, -0.15) is 0 Å². The molecular formula is C33H34N2O5. The Kier molecular flexibility index (Phi) is 7.20. The zero-order valence-corrected chi connectivity index (χ0v) is 23.0. The lowest BCUT2D eigenvalue weighted by Crippen LogP contribution is -2.21. The van der Waals surface area contributed by atoms with E-state index in [1.165, 1.54) is 44.9 Å². The maximum Gasteiger partial charge on any atom is 0.258 e. The normalized spacial score (nSPS) is 14.9. The maximum absolute atomic E-state index is 13.1. The molecule has 7 nitrogen and oxygen atoms in total. The molecule has 2 amide bonds. The molecule has 0 fully saturated rings. The molecule has 0 bridgehead atoms. The number of hydrogen-bond acceptors (Lipinski definition) is 5. The van der Waals surface area contributed by atoms with Gasteiger partial charge in [0, 0.05) is 16.8 Å². The van der Waals surface area contributed by atoms with Gasteiger partial charge < -0.3 is 24.2 Å². The van der Waals surface area contributed by atoms with Crippen molar-refractivity contribution >= 4 is 45.1 Å². The molecule has 2 aromatic heterocycles. The molecule has 0 aliphatic carbocycles. The highest BCUT2D eigenvalue weighted by Crippen LogP contribution is 2.40. The number of amides is 2. The Morgan fingerprint density at radius 3 is 1.85 bits per heavy atom. The molecule has 6 rings (SSSR count). The van der Waals surface area contributed by atoms with Gasteiger partial charge in [-0.1, -0.05) is 64.0 Å². The molecule has 206 valence electrons. The highest BCUT2D eigenvalue weighted by atomic mass is 16.5. The van der Waals surface area contributed by atoms with Crippen molar-refractivity contribution in [1.82, 2.24) is 10.6 Å². The Hall–Kier alpha value is -4.26. The van der Waals surface area contributed by atoms with Crippen LogP contribution >= 0.6 is 0 Å². The number of hydrogen-bond donors (Lipinski definition) is 2. The van der Waals surface area contributed by atoms with Crippen LogP contribution in [0.2, 0.25) is 0 Å². The van der Waals surface area contributed by atoms with Gasteiger partial charge in [0.05, 0.1) is 29.1 Å². The van der Waals surface area contributed by atoms with Gasteiger partial charge in [-0.25, -0.2) is 0 Å². The first-order valence-electron chi connectivity index (χ1n) is 14.3. The Morgan fingerprint density at radius 1 is 0.675 bits per heavy atom. The van der Waals surface area contributed by atoms with Crippen molar-refractivity contribution in [2.24, 2.45) is 0 Å². The van der Waals surface area contributed by atoms with Crippen LogP contribution < -0.4 is 15.4 Å². The SMILES string of the molecule is CCCCCCCCCCOc1ccc2cc(C3=C4C(=O)NC(c5cc6ccc(C)cc6o5)=C4C(=O)N3)oc2c1. The number of unbranched alkanes of at least 4 members (excludes halogenated alkanes) is 7. The van der Waals surface area contributed by atoms with Crippen LogP contribution in [0.4, 0.5) is 0 Å². The number of nitrogens with one attached hydrogen (secondary N) is 2. The molecule has 0 saturated carbocycles. The van der Waals surface area contributed by atoms with Gasteiger partial charge in [-0.3, -0.25) is 9.59 Å². The monoisotopic (exact) mass is 538 g/mol. The minimum absolute atomic E-state index is 0.266. The summed E-state index contributed by atoms with van der Waals surface area (Å²) in [6.45, 7) is 4.89. The fourth-order valence-electron chi connectivity index (χ4n) is 5.46. The number of carbonyl (C=O) groups excluding carboxylic acids is 2. The van der Waals surface area contributed by atoms with E-state index in [0.717, 1.165) is 28.5 Å². The lowest BCUT2D eigenvalue weighted by molar-refractivity contribution is -0.117. The predicted octanol–water partition coefficient (Wildman–Crippen LogP) is 7.39. The molecule has 0 spiro atoms. The molecule has 0 atom stereocenters. The van der Waals surface area contributed by atoms with E-state index in [0.29, 0.717) is 40.7 Å². The maximum atomic E-state index is 13.1. The number of furan rings is 2. The number of aryl methyl sites for hydroxylation is 1. The fourth-order valence-corrected chi connectivity index (χ4v) is 5.46. The van der Waals surface area contributed by atoms with Crippen LogP contribution in [0.25, 0.3) is 33.3 Å². The smallest absolute Gasteiger partial charge is 0.258 e. The Labute approximate surface area is 233 Å².